The predicted molar refractivity (Wildman–Crippen MR) is 117 cm³/mol. The number of benzene rings is 1. The van der Waals surface area contributed by atoms with Crippen molar-refractivity contribution in [2.45, 2.75) is 65.8 Å². The van der Waals surface area contributed by atoms with Crippen molar-refractivity contribution < 1.29 is 14.3 Å². The number of hydrogen-bond donors (Lipinski definition) is 1. The van der Waals surface area contributed by atoms with Crippen LogP contribution in [0.4, 0.5) is 5.69 Å². The monoisotopic (exact) mass is 410 g/mol. The number of nitrogens with one attached hydrogen (secondary N) is 1. The number of aromatic nitrogens is 1. The van der Waals surface area contributed by atoms with Crippen molar-refractivity contribution in [3.05, 3.63) is 57.5 Å². The fraction of sp³-hybridized carbons (Fsp3) is 0.458. The van der Waals surface area contributed by atoms with Gasteiger partial charge in [0.1, 0.15) is 5.56 Å². The SMILES string of the molecule is CC(=O)Oc1ccccc1NC(=O)c1cc2c(n(CC(C)C)c1=O)CCCCCC2. The van der Waals surface area contributed by atoms with Crippen LogP contribution in [0.1, 0.15) is 68.1 Å². The zero-order valence-corrected chi connectivity index (χ0v) is 18.0. The second kappa shape index (κ2) is 9.74. The van der Waals surface area contributed by atoms with E-state index in [1.165, 1.54) is 19.8 Å². The Bertz CT molecular complexity index is 991. The van der Waals surface area contributed by atoms with Gasteiger partial charge < -0.3 is 14.6 Å². The molecule has 0 radical (unpaired) electrons. The normalized spacial score (nSPS) is 13.9. The molecule has 6 heteroatoms. The molecule has 0 aliphatic heterocycles. The van der Waals surface area contributed by atoms with Crippen molar-refractivity contribution in [3.8, 4) is 5.75 Å². The maximum atomic E-state index is 13.3. The molecule has 1 heterocycles. The van der Waals surface area contributed by atoms with Gasteiger partial charge in [-0.05, 0) is 55.4 Å². The summed E-state index contributed by atoms with van der Waals surface area (Å²) in [5.74, 6) is -0.411. The van der Waals surface area contributed by atoms with Gasteiger partial charge in [-0.2, -0.15) is 0 Å². The molecule has 3 rings (SSSR count). The Balaban J connectivity index is 2.01. The molecule has 0 fully saturated rings. The van der Waals surface area contributed by atoms with E-state index in [0.29, 0.717) is 18.2 Å². The van der Waals surface area contributed by atoms with Crippen LogP contribution in [-0.2, 0) is 24.2 Å². The Morgan fingerprint density at radius 2 is 1.80 bits per heavy atom. The predicted octanol–water partition coefficient (Wildman–Crippen LogP) is 4.34. The summed E-state index contributed by atoms with van der Waals surface area (Å²) < 4.78 is 6.98. The fourth-order valence-corrected chi connectivity index (χ4v) is 3.96. The lowest BCUT2D eigenvalue weighted by Gasteiger charge is -2.22. The minimum Gasteiger partial charge on any atom is -0.424 e. The Labute approximate surface area is 177 Å². The second-order valence-corrected chi connectivity index (χ2v) is 8.30. The zero-order valence-electron chi connectivity index (χ0n) is 18.0. The molecule has 6 nitrogen and oxygen atoms in total. The number of nitrogens with zero attached hydrogens (tertiary/aromatic N) is 1. The number of ether oxygens (including phenoxy) is 1. The first-order valence-electron chi connectivity index (χ1n) is 10.7. The molecule has 0 spiro atoms. The van der Waals surface area contributed by atoms with Gasteiger partial charge in [0.15, 0.2) is 5.75 Å². The first-order chi connectivity index (χ1) is 14.4. The third-order valence-electron chi connectivity index (χ3n) is 5.28. The quantitative estimate of drug-likeness (QED) is 0.587. The lowest BCUT2D eigenvalue weighted by atomic mass is 9.95. The van der Waals surface area contributed by atoms with Crippen molar-refractivity contribution in [1.82, 2.24) is 4.57 Å². The largest absolute Gasteiger partial charge is 0.424 e. The van der Waals surface area contributed by atoms with E-state index in [4.69, 9.17) is 4.74 Å². The summed E-state index contributed by atoms with van der Waals surface area (Å²) in [6.07, 6.45) is 6.20. The Hall–Kier alpha value is -2.89. The van der Waals surface area contributed by atoms with E-state index in [9.17, 15) is 14.4 Å². The lowest BCUT2D eigenvalue weighted by molar-refractivity contribution is -0.131. The summed E-state index contributed by atoms with van der Waals surface area (Å²) in [5, 5.41) is 2.76. The van der Waals surface area contributed by atoms with Gasteiger partial charge >= 0.3 is 5.97 Å². The molecule has 1 aliphatic carbocycles. The maximum absolute atomic E-state index is 13.3. The van der Waals surface area contributed by atoms with Crippen molar-refractivity contribution >= 4 is 17.6 Å². The van der Waals surface area contributed by atoms with Crippen LogP contribution in [0, 0.1) is 5.92 Å². The highest BCUT2D eigenvalue weighted by Gasteiger charge is 2.21. The summed E-state index contributed by atoms with van der Waals surface area (Å²) in [7, 11) is 0. The van der Waals surface area contributed by atoms with Gasteiger partial charge in [0.25, 0.3) is 11.5 Å². The highest BCUT2D eigenvalue weighted by Crippen LogP contribution is 2.25. The van der Waals surface area contributed by atoms with Crippen molar-refractivity contribution in [2.75, 3.05) is 5.32 Å². The average Bonchev–Trinajstić information content (AvgIpc) is 2.65. The van der Waals surface area contributed by atoms with Crippen LogP contribution in [0.25, 0.3) is 0 Å². The molecule has 1 aromatic heterocycles. The van der Waals surface area contributed by atoms with Gasteiger partial charge in [-0.1, -0.05) is 38.8 Å². The molecule has 1 aliphatic rings. The number of carbonyl (C=O) groups excluding carboxylic acids is 2. The first kappa shape index (κ1) is 21.8. The Kier molecular flexibility index (Phi) is 7.08. The molecule has 30 heavy (non-hydrogen) atoms. The van der Waals surface area contributed by atoms with Crippen LogP contribution in [0.3, 0.4) is 0 Å². The zero-order chi connectivity index (χ0) is 21.7. The summed E-state index contributed by atoms with van der Waals surface area (Å²) in [6.45, 7) is 6.04. The second-order valence-electron chi connectivity index (χ2n) is 8.30. The molecular weight excluding hydrogens is 380 g/mol. The fourth-order valence-electron chi connectivity index (χ4n) is 3.96. The minimum atomic E-state index is -0.484. The molecule has 160 valence electrons. The van der Waals surface area contributed by atoms with E-state index in [-0.39, 0.29) is 16.9 Å². The number of aryl methyl sites for hydroxylation is 1. The highest BCUT2D eigenvalue weighted by atomic mass is 16.5. The number of amides is 1. The van der Waals surface area contributed by atoms with Gasteiger partial charge in [0, 0.05) is 19.2 Å². The Morgan fingerprint density at radius 1 is 1.10 bits per heavy atom. The van der Waals surface area contributed by atoms with Gasteiger partial charge in [0.2, 0.25) is 0 Å². The summed E-state index contributed by atoms with van der Waals surface area (Å²) >= 11 is 0. The topological polar surface area (TPSA) is 77.4 Å². The first-order valence-corrected chi connectivity index (χ1v) is 10.7. The summed E-state index contributed by atoms with van der Waals surface area (Å²) in [5.41, 5.74) is 2.40. The molecule has 2 aromatic rings. The third kappa shape index (κ3) is 5.17. The number of pyridine rings is 1. The van der Waals surface area contributed by atoms with Crippen LogP contribution >= 0.6 is 0 Å². The van der Waals surface area contributed by atoms with Crippen LogP contribution in [0.5, 0.6) is 5.75 Å². The number of esters is 1. The molecule has 0 saturated heterocycles. The number of para-hydroxylation sites is 2. The molecule has 0 unspecified atom stereocenters. The van der Waals surface area contributed by atoms with Crippen LogP contribution in [0.15, 0.2) is 35.1 Å². The number of carbonyl (C=O) groups is 2. The van der Waals surface area contributed by atoms with E-state index in [2.05, 4.69) is 19.2 Å². The van der Waals surface area contributed by atoms with E-state index < -0.39 is 11.9 Å². The Morgan fingerprint density at radius 3 is 2.50 bits per heavy atom. The third-order valence-corrected chi connectivity index (χ3v) is 5.28. The van der Waals surface area contributed by atoms with Crippen LogP contribution in [0.2, 0.25) is 0 Å². The van der Waals surface area contributed by atoms with Gasteiger partial charge in [-0.25, -0.2) is 0 Å². The highest BCUT2D eigenvalue weighted by molar-refractivity contribution is 6.05. The van der Waals surface area contributed by atoms with Crippen molar-refractivity contribution in [2.24, 2.45) is 5.92 Å². The van der Waals surface area contributed by atoms with Gasteiger partial charge in [-0.3, -0.25) is 14.4 Å². The van der Waals surface area contributed by atoms with E-state index >= 15 is 0 Å². The van der Waals surface area contributed by atoms with Crippen molar-refractivity contribution in [3.63, 3.8) is 0 Å². The lowest BCUT2D eigenvalue weighted by Crippen LogP contribution is -2.34. The maximum Gasteiger partial charge on any atom is 0.308 e. The molecule has 0 bridgehead atoms. The molecule has 1 aromatic carbocycles. The van der Waals surface area contributed by atoms with Crippen molar-refractivity contribution in [1.29, 1.82) is 0 Å². The molecule has 1 N–H and O–H groups in total. The van der Waals surface area contributed by atoms with Gasteiger partial charge in [-0.15, -0.1) is 0 Å². The average molecular weight is 411 g/mol. The smallest absolute Gasteiger partial charge is 0.308 e. The molecular formula is C24H30N2O4. The van der Waals surface area contributed by atoms with E-state index in [0.717, 1.165) is 36.9 Å². The number of rotatable bonds is 5. The van der Waals surface area contributed by atoms with E-state index in [1.54, 1.807) is 34.9 Å². The van der Waals surface area contributed by atoms with Gasteiger partial charge in [0.05, 0.1) is 5.69 Å². The summed E-state index contributed by atoms with van der Waals surface area (Å²) in [6, 6.07) is 8.48. The van der Waals surface area contributed by atoms with E-state index in [1.807, 2.05) is 0 Å². The summed E-state index contributed by atoms with van der Waals surface area (Å²) in [4.78, 5) is 37.7. The number of hydrogen-bond acceptors (Lipinski definition) is 4. The standard InChI is InChI=1S/C24H30N2O4/c1-16(2)15-26-21-12-7-5-4-6-10-18(21)14-19(24(26)29)23(28)25-20-11-8-9-13-22(20)30-17(3)27/h8-9,11,13-14,16H,4-7,10,12,15H2,1-3H3,(H,25,28). The molecule has 1 amide bonds. The molecule has 0 saturated carbocycles. The molecule has 0 atom stereocenters. The number of fused-ring (bicyclic) bond motifs is 1. The number of anilines is 1. The van der Waals surface area contributed by atoms with Crippen LogP contribution < -0.4 is 15.6 Å². The minimum absolute atomic E-state index is 0.132. The van der Waals surface area contributed by atoms with Crippen LogP contribution in [-0.4, -0.2) is 16.4 Å².